The van der Waals surface area contributed by atoms with Crippen molar-refractivity contribution in [3.63, 3.8) is 0 Å². The van der Waals surface area contributed by atoms with E-state index in [1.165, 1.54) is 0 Å². The van der Waals surface area contributed by atoms with Crippen LogP contribution in [0.15, 0.2) is 54.6 Å². The number of nitrogens with one attached hydrogen (secondary N) is 1. The van der Waals surface area contributed by atoms with Crippen LogP contribution in [0.25, 0.3) is 11.1 Å². The van der Waals surface area contributed by atoms with Gasteiger partial charge in [-0.25, -0.2) is 4.84 Å². The van der Waals surface area contributed by atoms with Crippen molar-refractivity contribution in [2.45, 2.75) is 63.9 Å². The first-order chi connectivity index (χ1) is 14.6. The van der Waals surface area contributed by atoms with Crippen LogP contribution in [0, 0.1) is 0 Å². The first-order valence-corrected chi connectivity index (χ1v) is 11.0. The molecular weight excluding hydrogens is 402 g/mol. The summed E-state index contributed by atoms with van der Waals surface area (Å²) in [4.78, 5) is 14.9. The van der Waals surface area contributed by atoms with Gasteiger partial charge in [0.05, 0.1) is 6.10 Å². The molecule has 0 saturated carbocycles. The van der Waals surface area contributed by atoms with Gasteiger partial charge in [0.1, 0.15) is 17.9 Å². The quantitative estimate of drug-likeness (QED) is 0.486. The van der Waals surface area contributed by atoms with Crippen LogP contribution in [-0.2, 0) is 14.3 Å². The van der Waals surface area contributed by atoms with Crippen molar-refractivity contribution in [3.05, 3.63) is 54.6 Å². The number of hydrogen-bond acceptors (Lipinski definition) is 5. The van der Waals surface area contributed by atoms with Crippen LogP contribution in [0.4, 0.5) is 0 Å². The molecule has 1 heterocycles. The smallest absolute Gasteiger partial charge is 0.324 e. The van der Waals surface area contributed by atoms with E-state index < -0.39 is 18.2 Å². The molecule has 0 bridgehead atoms. The van der Waals surface area contributed by atoms with E-state index in [1.807, 2.05) is 49.4 Å². The van der Waals surface area contributed by atoms with Crippen molar-refractivity contribution in [2.24, 2.45) is 0 Å². The van der Waals surface area contributed by atoms with Crippen LogP contribution in [-0.4, -0.2) is 36.9 Å². The summed E-state index contributed by atoms with van der Waals surface area (Å²) >= 11 is 5.74. The van der Waals surface area contributed by atoms with Gasteiger partial charge in [-0.05, 0) is 67.6 Å². The zero-order valence-electron chi connectivity index (χ0n) is 17.6. The second-order valence-corrected chi connectivity index (χ2v) is 7.83. The molecule has 6 heteroatoms. The molecule has 1 aliphatic heterocycles. The number of esters is 1. The lowest BCUT2D eigenvalue weighted by Crippen LogP contribution is -2.45. The summed E-state index contributed by atoms with van der Waals surface area (Å²) < 4.78 is 18.1. The van der Waals surface area contributed by atoms with Crippen LogP contribution in [0.2, 0.25) is 0 Å². The van der Waals surface area contributed by atoms with E-state index in [9.17, 15) is 4.79 Å². The summed E-state index contributed by atoms with van der Waals surface area (Å²) in [5.41, 5.74) is 2.27. The predicted molar refractivity (Wildman–Crippen MR) is 119 cm³/mol. The largest absolute Gasteiger partial charge is 0.484 e. The predicted octanol–water partition coefficient (Wildman–Crippen LogP) is 5.12. The summed E-state index contributed by atoms with van der Waals surface area (Å²) in [6, 6.07) is 17.6. The third kappa shape index (κ3) is 5.97. The highest BCUT2D eigenvalue weighted by molar-refractivity contribution is 6.14. The third-order valence-corrected chi connectivity index (χ3v) is 5.56. The van der Waals surface area contributed by atoms with Gasteiger partial charge in [-0.15, -0.1) is 0 Å². The summed E-state index contributed by atoms with van der Waals surface area (Å²) in [6.07, 6.45) is 2.01. The van der Waals surface area contributed by atoms with Crippen molar-refractivity contribution in [3.8, 4) is 16.9 Å². The third-order valence-electron chi connectivity index (χ3n) is 5.30. The number of carbonyl (C=O) groups is 1. The van der Waals surface area contributed by atoms with E-state index in [0.717, 1.165) is 36.1 Å². The molecule has 1 saturated heterocycles. The summed E-state index contributed by atoms with van der Waals surface area (Å²) in [5.74, 6) is 0.362. The zero-order valence-corrected chi connectivity index (χ0v) is 18.3. The van der Waals surface area contributed by atoms with Gasteiger partial charge in [0.15, 0.2) is 6.10 Å². The Morgan fingerprint density at radius 2 is 1.77 bits per heavy atom. The number of ether oxygens (including phenoxy) is 3. The summed E-state index contributed by atoms with van der Waals surface area (Å²) in [5, 5.41) is 0. The minimum absolute atomic E-state index is 0.171. The maximum Gasteiger partial charge on any atom is 0.324 e. The molecule has 2 aromatic carbocycles. The number of halogens is 1. The van der Waals surface area contributed by atoms with Gasteiger partial charge in [-0.3, -0.25) is 4.79 Å². The molecule has 0 amide bonds. The number of rotatable bonds is 7. The van der Waals surface area contributed by atoms with E-state index >= 15 is 0 Å². The number of carbonyl (C=O) groups excluding carboxylic acids is 1. The molecular formula is C24H30ClNO4. The highest BCUT2D eigenvalue weighted by Gasteiger charge is 2.35. The van der Waals surface area contributed by atoms with E-state index in [2.05, 4.69) is 23.9 Å². The summed E-state index contributed by atoms with van der Waals surface area (Å²) in [7, 11) is 0. The molecule has 30 heavy (non-hydrogen) atoms. The van der Waals surface area contributed by atoms with Gasteiger partial charge in [0, 0.05) is 6.61 Å². The summed E-state index contributed by atoms with van der Waals surface area (Å²) in [6.45, 7) is 4.55. The van der Waals surface area contributed by atoms with Gasteiger partial charge < -0.3 is 14.2 Å². The Kier molecular flexibility index (Phi) is 8.55. The fourth-order valence-electron chi connectivity index (χ4n) is 3.67. The van der Waals surface area contributed by atoms with E-state index in [-0.39, 0.29) is 12.1 Å². The molecule has 2 aromatic rings. The first-order valence-electron chi connectivity index (χ1n) is 10.6. The van der Waals surface area contributed by atoms with Crippen LogP contribution < -0.4 is 9.57 Å². The molecule has 162 valence electrons. The van der Waals surface area contributed by atoms with Crippen LogP contribution in [0.1, 0.15) is 39.5 Å². The molecule has 3 rings (SSSR count). The number of benzene rings is 2. The molecule has 5 nitrogen and oxygen atoms in total. The Hall–Kier alpha value is -2.08. The Balaban J connectivity index is 1.78. The van der Waals surface area contributed by atoms with Crippen molar-refractivity contribution >= 4 is 17.7 Å². The topological polar surface area (TPSA) is 56.8 Å². The van der Waals surface area contributed by atoms with Crippen molar-refractivity contribution in [1.29, 1.82) is 0 Å². The minimum Gasteiger partial charge on any atom is -0.484 e. The number of cyclic esters (lactones) is 1. The maximum atomic E-state index is 12.4. The minimum atomic E-state index is -0.523. The van der Waals surface area contributed by atoms with Gasteiger partial charge in [0.2, 0.25) is 0 Å². The normalized spacial score (nSPS) is 25.0. The standard InChI is InChI=1S/C24H30ClNO4/c1-3-16-28-22-11-7-10-21(26-25)24(27)29-17(2)23(22)30-20-14-12-19(13-15-20)18-8-5-4-6-9-18/h4-6,8-9,12-15,17,21-23,26H,3,7,10-11,16H2,1-2H3/t17-,21-,22-,23-/m0/s1. The highest BCUT2D eigenvalue weighted by Crippen LogP contribution is 2.27. The van der Waals surface area contributed by atoms with E-state index in [0.29, 0.717) is 13.0 Å². The first kappa shape index (κ1) is 22.6. The van der Waals surface area contributed by atoms with Gasteiger partial charge in [-0.2, -0.15) is 0 Å². The maximum absolute atomic E-state index is 12.4. The van der Waals surface area contributed by atoms with Crippen molar-refractivity contribution in [1.82, 2.24) is 4.84 Å². The average Bonchev–Trinajstić information content (AvgIpc) is 2.82. The van der Waals surface area contributed by atoms with Crippen molar-refractivity contribution < 1.29 is 19.0 Å². The van der Waals surface area contributed by atoms with Gasteiger partial charge in [-0.1, -0.05) is 49.4 Å². The van der Waals surface area contributed by atoms with Crippen LogP contribution in [0.3, 0.4) is 0 Å². The Morgan fingerprint density at radius 3 is 2.43 bits per heavy atom. The van der Waals surface area contributed by atoms with Gasteiger partial charge in [0.25, 0.3) is 0 Å². The monoisotopic (exact) mass is 431 g/mol. The second kappa shape index (κ2) is 11.3. The zero-order chi connectivity index (χ0) is 21.3. The SMILES string of the molecule is CCCO[C@H]1CCC[C@H](NCl)C(=O)O[C@@H](C)[C@@H]1Oc1ccc(-c2ccccc2)cc1. The molecule has 0 radical (unpaired) electrons. The van der Waals surface area contributed by atoms with Crippen LogP contribution >= 0.6 is 11.8 Å². The van der Waals surface area contributed by atoms with Gasteiger partial charge >= 0.3 is 5.97 Å². The molecule has 1 aliphatic rings. The fourth-order valence-corrected chi connectivity index (χ4v) is 3.87. The lowest BCUT2D eigenvalue weighted by molar-refractivity contribution is -0.159. The Bertz CT molecular complexity index is 784. The Morgan fingerprint density at radius 1 is 1.07 bits per heavy atom. The van der Waals surface area contributed by atoms with Crippen molar-refractivity contribution in [2.75, 3.05) is 6.61 Å². The van der Waals surface area contributed by atoms with Crippen LogP contribution in [0.5, 0.6) is 5.75 Å². The lowest BCUT2D eigenvalue weighted by atomic mass is 10.0. The second-order valence-electron chi connectivity index (χ2n) is 7.62. The molecule has 0 spiro atoms. The van der Waals surface area contributed by atoms with E-state index in [1.54, 1.807) is 0 Å². The average molecular weight is 432 g/mol. The van der Waals surface area contributed by atoms with E-state index in [4.69, 9.17) is 26.0 Å². The fraction of sp³-hybridized carbons (Fsp3) is 0.458. The number of hydrogen-bond donors (Lipinski definition) is 1. The molecule has 1 N–H and O–H groups in total. The highest BCUT2D eigenvalue weighted by atomic mass is 35.5. The Labute approximate surface area is 183 Å². The molecule has 1 fully saturated rings. The molecule has 0 unspecified atom stereocenters. The molecule has 4 atom stereocenters. The molecule has 0 aromatic heterocycles. The molecule has 0 aliphatic carbocycles. The lowest BCUT2D eigenvalue weighted by Gasteiger charge is -2.31.